The molecule has 2 aromatic rings. The van der Waals surface area contributed by atoms with E-state index in [1.54, 1.807) is 13.4 Å². The molecule has 20 heavy (non-hydrogen) atoms. The van der Waals surface area contributed by atoms with Gasteiger partial charge in [-0.05, 0) is 19.1 Å². The molecule has 0 aliphatic heterocycles. The van der Waals surface area contributed by atoms with Crippen molar-refractivity contribution in [2.45, 2.75) is 13.0 Å². The Balaban J connectivity index is 1.78. The van der Waals surface area contributed by atoms with Crippen LogP contribution in [-0.4, -0.2) is 35.0 Å². The fourth-order valence-corrected chi connectivity index (χ4v) is 1.95. The molecule has 0 amide bonds. The lowest BCUT2D eigenvalue weighted by atomic mass is 10.3. The summed E-state index contributed by atoms with van der Waals surface area (Å²) in [6.07, 6.45) is 1.69. The Morgan fingerprint density at radius 1 is 1.30 bits per heavy atom. The molecular formula is C14H20N4O2. The van der Waals surface area contributed by atoms with Crippen LogP contribution in [0.1, 0.15) is 18.8 Å². The van der Waals surface area contributed by atoms with Gasteiger partial charge in [0.25, 0.3) is 0 Å². The highest BCUT2D eigenvalue weighted by Crippen LogP contribution is 2.25. The second-order valence-corrected chi connectivity index (χ2v) is 4.48. The van der Waals surface area contributed by atoms with Crippen molar-refractivity contribution < 1.29 is 9.47 Å². The summed E-state index contributed by atoms with van der Waals surface area (Å²) in [4.78, 5) is 0. The molecule has 1 heterocycles. The third-order valence-corrected chi connectivity index (χ3v) is 3.01. The highest BCUT2D eigenvalue weighted by Gasteiger charge is 2.10. The first-order valence-corrected chi connectivity index (χ1v) is 6.55. The van der Waals surface area contributed by atoms with E-state index >= 15 is 0 Å². The molecule has 1 aromatic heterocycles. The van der Waals surface area contributed by atoms with E-state index in [-0.39, 0.29) is 6.04 Å². The molecule has 0 fully saturated rings. The Hall–Kier alpha value is -2.08. The van der Waals surface area contributed by atoms with Gasteiger partial charge in [-0.2, -0.15) is 0 Å². The lowest BCUT2D eigenvalue weighted by molar-refractivity contribution is 0.286. The van der Waals surface area contributed by atoms with E-state index in [0.717, 1.165) is 17.3 Å². The van der Waals surface area contributed by atoms with Crippen LogP contribution >= 0.6 is 0 Å². The normalized spacial score (nSPS) is 12.2. The largest absolute Gasteiger partial charge is 0.493 e. The molecule has 1 aromatic carbocycles. The number of methoxy groups -OCH3 is 1. The summed E-state index contributed by atoms with van der Waals surface area (Å²) in [5.74, 6) is 2.40. The first kappa shape index (κ1) is 14.3. The number of para-hydroxylation sites is 2. The highest BCUT2D eigenvalue weighted by molar-refractivity contribution is 5.39. The molecule has 0 bridgehead atoms. The summed E-state index contributed by atoms with van der Waals surface area (Å²) in [6, 6.07) is 7.74. The SMILES string of the molecule is COc1ccccc1OCCNC(C)c1nncn1C. The maximum atomic E-state index is 5.70. The summed E-state index contributed by atoms with van der Waals surface area (Å²) in [5, 5.41) is 11.3. The van der Waals surface area contributed by atoms with Gasteiger partial charge in [0, 0.05) is 13.6 Å². The van der Waals surface area contributed by atoms with Crippen molar-refractivity contribution in [2.75, 3.05) is 20.3 Å². The average Bonchev–Trinajstić information content (AvgIpc) is 2.90. The Kier molecular flexibility index (Phi) is 4.95. The van der Waals surface area contributed by atoms with Gasteiger partial charge < -0.3 is 19.4 Å². The third-order valence-electron chi connectivity index (χ3n) is 3.01. The number of nitrogens with zero attached hydrogens (tertiary/aromatic N) is 3. The molecule has 1 unspecified atom stereocenters. The van der Waals surface area contributed by atoms with Crippen molar-refractivity contribution in [2.24, 2.45) is 7.05 Å². The van der Waals surface area contributed by atoms with Gasteiger partial charge in [-0.25, -0.2) is 0 Å². The molecule has 2 rings (SSSR count). The van der Waals surface area contributed by atoms with Crippen LogP contribution in [-0.2, 0) is 7.05 Å². The molecule has 1 atom stereocenters. The molecule has 1 N–H and O–H groups in total. The van der Waals surface area contributed by atoms with Gasteiger partial charge in [0.15, 0.2) is 11.5 Å². The van der Waals surface area contributed by atoms with Gasteiger partial charge >= 0.3 is 0 Å². The van der Waals surface area contributed by atoms with Gasteiger partial charge in [-0.3, -0.25) is 0 Å². The molecule has 0 aliphatic rings. The topological polar surface area (TPSA) is 61.2 Å². The Bertz CT molecular complexity index is 541. The van der Waals surface area contributed by atoms with Crippen molar-refractivity contribution >= 4 is 0 Å². The third kappa shape index (κ3) is 3.48. The second kappa shape index (κ2) is 6.91. The van der Waals surface area contributed by atoms with Crippen molar-refractivity contribution in [3.8, 4) is 11.5 Å². The van der Waals surface area contributed by atoms with Crippen LogP contribution < -0.4 is 14.8 Å². The molecule has 6 heteroatoms. The fourth-order valence-electron chi connectivity index (χ4n) is 1.95. The average molecular weight is 276 g/mol. The van der Waals surface area contributed by atoms with E-state index in [1.165, 1.54) is 0 Å². The zero-order chi connectivity index (χ0) is 14.4. The summed E-state index contributed by atoms with van der Waals surface area (Å²) >= 11 is 0. The number of rotatable bonds is 7. The first-order valence-electron chi connectivity index (χ1n) is 6.55. The number of hydrogen-bond donors (Lipinski definition) is 1. The van der Waals surface area contributed by atoms with Crippen LogP contribution in [0, 0.1) is 0 Å². The van der Waals surface area contributed by atoms with Gasteiger partial charge in [0.2, 0.25) is 0 Å². The number of hydrogen-bond acceptors (Lipinski definition) is 5. The van der Waals surface area contributed by atoms with E-state index in [4.69, 9.17) is 9.47 Å². The molecule has 0 saturated carbocycles. The molecule has 0 aliphatic carbocycles. The summed E-state index contributed by atoms with van der Waals surface area (Å²) < 4.78 is 12.8. The molecule has 0 saturated heterocycles. The molecule has 0 spiro atoms. The first-order chi connectivity index (χ1) is 9.72. The predicted octanol–water partition coefficient (Wildman–Crippen LogP) is 1.55. The monoisotopic (exact) mass is 276 g/mol. The smallest absolute Gasteiger partial charge is 0.161 e. The van der Waals surface area contributed by atoms with E-state index in [2.05, 4.69) is 15.5 Å². The maximum absolute atomic E-state index is 5.70. The van der Waals surface area contributed by atoms with Crippen LogP contribution in [0.5, 0.6) is 11.5 Å². The predicted molar refractivity (Wildman–Crippen MR) is 75.9 cm³/mol. The summed E-state index contributed by atoms with van der Waals surface area (Å²) in [5.41, 5.74) is 0. The minimum absolute atomic E-state index is 0.128. The minimum Gasteiger partial charge on any atom is -0.493 e. The Morgan fingerprint density at radius 3 is 2.70 bits per heavy atom. The van der Waals surface area contributed by atoms with Crippen LogP contribution in [0.2, 0.25) is 0 Å². The zero-order valence-corrected chi connectivity index (χ0v) is 12.0. The number of benzene rings is 1. The van der Waals surface area contributed by atoms with E-state index < -0.39 is 0 Å². The Morgan fingerprint density at radius 2 is 2.05 bits per heavy atom. The van der Waals surface area contributed by atoms with Gasteiger partial charge in [0.05, 0.1) is 13.2 Å². The van der Waals surface area contributed by atoms with Crippen molar-refractivity contribution in [3.05, 3.63) is 36.4 Å². The minimum atomic E-state index is 0.128. The Labute approximate surface area is 118 Å². The molecular weight excluding hydrogens is 256 g/mol. The van der Waals surface area contributed by atoms with Gasteiger partial charge in [-0.1, -0.05) is 12.1 Å². The number of aryl methyl sites for hydroxylation is 1. The number of nitrogens with one attached hydrogen (secondary N) is 1. The van der Waals surface area contributed by atoms with Crippen LogP contribution in [0.4, 0.5) is 0 Å². The van der Waals surface area contributed by atoms with E-state index in [1.807, 2.05) is 42.8 Å². The molecule has 6 nitrogen and oxygen atoms in total. The van der Waals surface area contributed by atoms with Crippen LogP contribution in [0.3, 0.4) is 0 Å². The summed E-state index contributed by atoms with van der Waals surface area (Å²) in [6.45, 7) is 3.32. The van der Waals surface area contributed by atoms with Crippen LogP contribution in [0.25, 0.3) is 0 Å². The second-order valence-electron chi connectivity index (χ2n) is 4.48. The quantitative estimate of drug-likeness (QED) is 0.778. The van der Waals surface area contributed by atoms with Crippen LogP contribution in [0.15, 0.2) is 30.6 Å². The molecule has 108 valence electrons. The standard InChI is InChI=1S/C14H20N4O2/c1-11(14-17-16-10-18(14)2)15-8-9-20-13-7-5-4-6-12(13)19-3/h4-7,10-11,15H,8-9H2,1-3H3. The fraction of sp³-hybridized carbons (Fsp3) is 0.429. The summed E-state index contributed by atoms with van der Waals surface area (Å²) in [7, 11) is 3.56. The zero-order valence-electron chi connectivity index (χ0n) is 12.0. The molecule has 0 radical (unpaired) electrons. The maximum Gasteiger partial charge on any atom is 0.161 e. The van der Waals surface area contributed by atoms with E-state index in [0.29, 0.717) is 13.2 Å². The van der Waals surface area contributed by atoms with Gasteiger partial charge in [-0.15, -0.1) is 10.2 Å². The van der Waals surface area contributed by atoms with Crippen molar-refractivity contribution in [1.29, 1.82) is 0 Å². The van der Waals surface area contributed by atoms with Crippen molar-refractivity contribution in [1.82, 2.24) is 20.1 Å². The van der Waals surface area contributed by atoms with Crippen molar-refractivity contribution in [3.63, 3.8) is 0 Å². The number of ether oxygens (including phenoxy) is 2. The lowest BCUT2D eigenvalue weighted by Crippen LogP contribution is -2.26. The highest BCUT2D eigenvalue weighted by atomic mass is 16.5. The number of aromatic nitrogens is 3. The lowest BCUT2D eigenvalue weighted by Gasteiger charge is -2.14. The van der Waals surface area contributed by atoms with E-state index in [9.17, 15) is 0 Å². The van der Waals surface area contributed by atoms with Gasteiger partial charge in [0.1, 0.15) is 18.8 Å².